The molecule has 18 heavy (non-hydrogen) atoms. The monoisotopic (exact) mass is 307 g/mol. The van der Waals surface area contributed by atoms with E-state index in [1.54, 1.807) is 12.1 Å². The van der Waals surface area contributed by atoms with Crippen LogP contribution in [-0.4, -0.2) is 19.0 Å². The van der Waals surface area contributed by atoms with Gasteiger partial charge in [0.05, 0.1) is 23.2 Å². The van der Waals surface area contributed by atoms with E-state index in [0.29, 0.717) is 12.1 Å². The van der Waals surface area contributed by atoms with Crippen LogP contribution < -0.4 is 10.6 Å². The topological polar surface area (TPSA) is 70.1 Å². The van der Waals surface area contributed by atoms with Crippen molar-refractivity contribution < 1.29 is 4.79 Å². The molecular weight excluding hydrogens is 294 g/mol. The molecule has 0 aliphatic carbocycles. The van der Waals surface area contributed by atoms with Crippen LogP contribution in [0.15, 0.2) is 22.7 Å². The van der Waals surface area contributed by atoms with Crippen LogP contribution in [0.5, 0.6) is 0 Å². The van der Waals surface area contributed by atoms with Crippen molar-refractivity contribution in [2.75, 3.05) is 18.0 Å². The summed E-state index contributed by atoms with van der Waals surface area (Å²) < 4.78 is 0.881. The molecule has 2 N–H and O–H groups in total. The summed E-state index contributed by atoms with van der Waals surface area (Å²) in [5.41, 5.74) is 7.00. The van der Waals surface area contributed by atoms with Crippen LogP contribution in [0, 0.1) is 17.2 Å². The normalized spacial score (nSPS) is 19.3. The molecule has 1 aromatic carbocycles. The highest BCUT2D eigenvalue weighted by atomic mass is 79.9. The lowest BCUT2D eigenvalue weighted by molar-refractivity contribution is -0.122. The van der Waals surface area contributed by atoms with Gasteiger partial charge in [-0.1, -0.05) is 0 Å². The number of nitrogens with zero attached hydrogens (tertiary/aromatic N) is 2. The Labute approximate surface area is 115 Å². The lowest BCUT2D eigenvalue weighted by Gasteiger charge is -2.33. The molecule has 1 fully saturated rings. The van der Waals surface area contributed by atoms with Crippen molar-refractivity contribution in [2.24, 2.45) is 11.7 Å². The molecule has 0 aromatic heterocycles. The number of halogens is 1. The highest BCUT2D eigenvalue weighted by Gasteiger charge is 2.25. The summed E-state index contributed by atoms with van der Waals surface area (Å²) in [7, 11) is 0. The minimum atomic E-state index is -0.232. The van der Waals surface area contributed by atoms with Gasteiger partial charge < -0.3 is 10.6 Å². The highest BCUT2D eigenvalue weighted by molar-refractivity contribution is 9.10. The van der Waals surface area contributed by atoms with E-state index in [4.69, 9.17) is 11.0 Å². The maximum atomic E-state index is 11.3. The predicted molar refractivity (Wildman–Crippen MR) is 73.0 cm³/mol. The number of benzene rings is 1. The number of carbonyl (C=O) groups is 1. The Kier molecular flexibility index (Phi) is 3.87. The minimum Gasteiger partial charge on any atom is -0.370 e. The molecule has 2 rings (SSSR count). The fraction of sp³-hybridized carbons (Fsp3) is 0.385. The minimum absolute atomic E-state index is 0.0821. The van der Waals surface area contributed by atoms with Crippen LogP contribution >= 0.6 is 15.9 Å². The molecule has 0 saturated carbocycles. The molecule has 0 radical (unpaired) electrons. The molecule has 0 bridgehead atoms. The molecule has 1 unspecified atom stereocenters. The third-order valence-electron chi connectivity index (χ3n) is 3.24. The molecule has 1 aromatic rings. The highest BCUT2D eigenvalue weighted by Crippen LogP contribution is 2.30. The van der Waals surface area contributed by atoms with Gasteiger partial charge in [0.1, 0.15) is 0 Å². The van der Waals surface area contributed by atoms with Gasteiger partial charge in [0.25, 0.3) is 0 Å². The Hall–Kier alpha value is -1.54. The number of primary amides is 1. The van der Waals surface area contributed by atoms with Gasteiger partial charge in [0.15, 0.2) is 0 Å². The first-order chi connectivity index (χ1) is 8.61. The second-order valence-electron chi connectivity index (χ2n) is 4.47. The summed E-state index contributed by atoms with van der Waals surface area (Å²) in [6.45, 7) is 1.56. The van der Waals surface area contributed by atoms with Gasteiger partial charge in [0.2, 0.25) is 5.91 Å². The van der Waals surface area contributed by atoms with Gasteiger partial charge in [-0.2, -0.15) is 5.26 Å². The Bertz CT molecular complexity index is 509. The number of piperidine rings is 1. The summed E-state index contributed by atoms with van der Waals surface area (Å²) in [6, 6.07) is 7.59. The van der Waals surface area contributed by atoms with Crippen molar-refractivity contribution >= 4 is 27.5 Å². The summed E-state index contributed by atoms with van der Waals surface area (Å²) in [5, 5.41) is 8.83. The largest absolute Gasteiger partial charge is 0.370 e. The summed E-state index contributed by atoms with van der Waals surface area (Å²) >= 11 is 3.47. The number of anilines is 1. The van der Waals surface area contributed by atoms with Crippen molar-refractivity contribution in [3.63, 3.8) is 0 Å². The third kappa shape index (κ3) is 2.65. The van der Waals surface area contributed by atoms with Gasteiger partial charge in [-0.25, -0.2) is 0 Å². The van der Waals surface area contributed by atoms with Gasteiger partial charge >= 0.3 is 0 Å². The van der Waals surface area contributed by atoms with Crippen molar-refractivity contribution in [3.8, 4) is 6.07 Å². The summed E-state index contributed by atoms with van der Waals surface area (Å²) in [5.74, 6) is -0.314. The van der Waals surface area contributed by atoms with E-state index in [1.807, 2.05) is 6.07 Å². The number of amides is 1. The first-order valence-corrected chi connectivity index (χ1v) is 6.65. The molecule has 0 spiro atoms. The molecule has 1 saturated heterocycles. The molecule has 94 valence electrons. The quantitative estimate of drug-likeness (QED) is 0.908. The first-order valence-electron chi connectivity index (χ1n) is 5.85. The number of hydrogen-bond acceptors (Lipinski definition) is 3. The van der Waals surface area contributed by atoms with Crippen LogP contribution in [0.25, 0.3) is 0 Å². The van der Waals surface area contributed by atoms with Crippen molar-refractivity contribution in [3.05, 3.63) is 28.2 Å². The fourth-order valence-electron chi connectivity index (χ4n) is 2.26. The number of nitrogens with two attached hydrogens (primary N) is 1. The van der Waals surface area contributed by atoms with E-state index >= 15 is 0 Å². The van der Waals surface area contributed by atoms with Crippen LogP contribution in [0.4, 0.5) is 5.69 Å². The molecule has 4 nitrogen and oxygen atoms in total. The smallest absolute Gasteiger partial charge is 0.222 e. The zero-order valence-corrected chi connectivity index (χ0v) is 11.5. The summed E-state index contributed by atoms with van der Waals surface area (Å²) in [6.07, 6.45) is 1.82. The van der Waals surface area contributed by atoms with E-state index in [0.717, 1.165) is 29.5 Å². The van der Waals surface area contributed by atoms with Gasteiger partial charge in [-0.05, 0) is 47.0 Å². The van der Waals surface area contributed by atoms with E-state index in [2.05, 4.69) is 26.9 Å². The van der Waals surface area contributed by atoms with E-state index < -0.39 is 0 Å². The lowest BCUT2D eigenvalue weighted by Crippen LogP contribution is -2.41. The van der Waals surface area contributed by atoms with Crippen LogP contribution in [-0.2, 0) is 4.79 Å². The van der Waals surface area contributed by atoms with Crippen LogP contribution in [0.2, 0.25) is 0 Å². The van der Waals surface area contributed by atoms with Crippen molar-refractivity contribution in [1.82, 2.24) is 0 Å². The fourth-order valence-corrected chi connectivity index (χ4v) is 2.89. The average molecular weight is 308 g/mol. The molecular formula is C13H14BrN3O. The van der Waals surface area contributed by atoms with Crippen LogP contribution in [0.1, 0.15) is 18.4 Å². The van der Waals surface area contributed by atoms with Gasteiger partial charge in [-0.3, -0.25) is 4.79 Å². The van der Waals surface area contributed by atoms with Gasteiger partial charge in [-0.15, -0.1) is 0 Å². The Balaban J connectivity index is 2.21. The lowest BCUT2D eigenvalue weighted by atomic mass is 9.97. The second-order valence-corrected chi connectivity index (χ2v) is 5.32. The Morgan fingerprint density at radius 1 is 1.56 bits per heavy atom. The average Bonchev–Trinajstić information content (AvgIpc) is 2.38. The molecule has 5 heteroatoms. The second kappa shape index (κ2) is 5.40. The number of rotatable bonds is 2. The Morgan fingerprint density at radius 2 is 2.33 bits per heavy atom. The van der Waals surface area contributed by atoms with Gasteiger partial charge in [0, 0.05) is 17.6 Å². The maximum Gasteiger partial charge on any atom is 0.222 e. The molecule has 1 aliphatic heterocycles. The SMILES string of the molecule is N#Cc1ccc(N2CCCC(C(N)=O)C2)c(Br)c1. The molecule has 1 heterocycles. The van der Waals surface area contributed by atoms with Crippen molar-refractivity contribution in [2.45, 2.75) is 12.8 Å². The van der Waals surface area contributed by atoms with Crippen molar-refractivity contribution in [1.29, 1.82) is 5.26 Å². The maximum absolute atomic E-state index is 11.3. The zero-order valence-electron chi connectivity index (χ0n) is 9.90. The first kappa shape index (κ1) is 12.9. The predicted octanol–water partition coefficient (Wildman–Crippen LogP) is 2.02. The summed E-state index contributed by atoms with van der Waals surface area (Å²) in [4.78, 5) is 13.4. The van der Waals surface area contributed by atoms with E-state index in [9.17, 15) is 4.79 Å². The van der Waals surface area contributed by atoms with E-state index in [1.165, 1.54) is 0 Å². The number of hydrogen-bond donors (Lipinski definition) is 1. The Morgan fingerprint density at radius 3 is 2.94 bits per heavy atom. The molecule has 1 amide bonds. The standard InChI is InChI=1S/C13H14BrN3O/c14-11-6-9(7-15)3-4-12(11)17-5-1-2-10(8-17)13(16)18/h3-4,6,10H,1-2,5,8H2,(H2,16,18). The third-order valence-corrected chi connectivity index (χ3v) is 3.88. The molecule has 1 atom stereocenters. The number of nitriles is 1. The van der Waals surface area contributed by atoms with E-state index in [-0.39, 0.29) is 11.8 Å². The zero-order chi connectivity index (χ0) is 13.1. The number of carbonyl (C=O) groups excluding carboxylic acids is 1. The van der Waals surface area contributed by atoms with Crippen LogP contribution in [0.3, 0.4) is 0 Å². The molecule has 1 aliphatic rings.